The summed E-state index contributed by atoms with van der Waals surface area (Å²) in [6.07, 6.45) is 5.65. The van der Waals surface area contributed by atoms with Gasteiger partial charge in [0, 0.05) is 23.5 Å². The molecule has 0 saturated heterocycles. The lowest BCUT2D eigenvalue weighted by Gasteiger charge is -2.00. The molecule has 0 aliphatic carbocycles. The molecule has 3 aromatic heterocycles. The molecule has 3 rings (SSSR count). The monoisotopic (exact) mass is 262 g/mol. The van der Waals surface area contributed by atoms with Gasteiger partial charge in [0.05, 0.1) is 17.9 Å². The van der Waals surface area contributed by atoms with Crippen LogP contribution in [0.1, 0.15) is 6.55 Å². The first-order valence-electron chi connectivity index (χ1n) is 5.34. The van der Waals surface area contributed by atoms with E-state index >= 15 is 0 Å². The molecule has 0 fully saturated rings. The lowest BCUT2D eigenvalue weighted by molar-refractivity contribution is 0.0566. The van der Waals surface area contributed by atoms with Crippen molar-refractivity contribution in [3.63, 3.8) is 0 Å². The zero-order chi connectivity index (χ0) is 13.4. The molecule has 3 aromatic rings. The number of anilines is 1. The van der Waals surface area contributed by atoms with Gasteiger partial charge in [-0.15, -0.1) is 0 Å². The van der Waals surface area contributed by atoms with Crippen molar-refractivity contribution in [1.82, 2.24) is 24.7 Å². The van der Waals surface area contributed by atoms with Crippen LogP contribution in [0.3, 0.4) is 0 Å². The summed E-state index contributed by atoms with van der Waals surface area (Å²) in [6, 6.07) is 1.70. The second-order valence-corrected chi connectivity index (χ2v) is 3.84. The third kappa shape index (κ3) is 2.07. The van der Waals surface area contributed by atoms with Gasteiger partial charge in [0.15, 0.2) is 0 Å². The molecule has 0 aromatic carbocycles. The lowest BCUT2D eigenvalue weighted by atomic mass is 10.1. The van der Waals surface area contributed by atoms with Gasteiger partial charge in [0.2, 0.25) is 5.95 Å². The molecule has 0 saturated carbocycles. The molecule has 0 aliphatic heterocycles. The lowest BCUT2D eigenvalue weighted by Crippen LogP contribution is -1.97. The minimum absolute atomic E-state index is 0.134. The van der Waals surface area contributed by atoms with Gasteiger partial charge in [-0.2, -0.15) is 13.9 Å². The molecule has 6 nitrogen and oxygen atoms in total. The topological polar surface area (TPSA) is 82.5 Å². The average Bonchev–Trinajstić information content (AvgIpc) is 2.87. The van der Waals surface area contributed by atoms with Crippen LogP contribution in [0.5, 0.6) is 0 Å². The molecule has 3 heterocycles. The minimum atomic E-state index is -2.67. The molecule has 0 spiro atoms. The Hall–Kier alpha value is -2.64. The van der Waals surface area contributed by atoms with Gasteiger partial charge < -0.3 is 5.73 Å². The van der Waals surface area contributed by atoms with E-state index in [-0.39, 0.29) is 5.95 Å². The van der Waals surface area contributed by atoms with Gasteiger partial charge in [-0.05, 0) is 6.07 Å². The number of halogens is 2. The maximum atomic E-state index is 12.4. The van der Waals surface area contributed by atoms with Crippen molar-refractivity contribution in [2.45, 2.75) is 6.55 Å². The normalized spacial score (nSPS) is 11.3. The average molecular weight is 262 g/mol. The van der Waals surface area contributed by atoms with E-state index in [2.05, 4.69) is 20.1 Å². The molecule has 0 unspecified atom stereocenters. The summed E-state index contributed by atoms with van der Waals surface area (Å²) in [5, 5.41) is 3.57. The van der Waals surface area contributed by atoms with Crippen molar-refractivity contribution >= 4 is 17.0 Å². The van der Waals surface area contributed by atoms with Gasteiger partial charge in [0.1, 0.15) is 5.52 Å². The fourth-order valence-corrected chi connectivity index (χ4v) is 1.68. The predicted molar refractivity (Wildman–Crippen MR) is 64.2 cm³/mol. The smallest absolute Gasteiger partial charge is 0.333 e. The van der Waals surface area contributed by atoms with E-state index in [4.69, 9.17) is 5.73 Å². The van der Waals surface area contributed by atoms with Crippen molar-refractivity contribution in [1.29, 1.82) is 0 Å². The van der Waals surface area contributed by atoms with E-state index < -0.39 is 6.55 Å². The highest BCUT2D eigenvalue weighted by atomic mass is 19.3. The predicted octanol–water partition coefficient (Wildman–Crippen LogP) is 1.87. The number of rotatable bonds is 2. The van der Waals surface area contributed by atoms with E-state index in [9.17, 15) is 8.78 Å². The summed E-state index contributed by atoms with van der Waals surface area (Å²) < 4.78 is 25.5. The van der Waals surface area contributed by atoms with Crippen LogP contribution in [0.25, 0.3) is 22.2 Å². The van der Waals surface area contributed by atoms with Crippen LogP contribution >= 0.6 is 0 Å². The third-order valence-corrected chi connectivity index (χ3v) is 2.59. The Labute approximate surface area is 105 Å². The fraction of sp³-hybridized carbons (Fsp3) is 0.0909. The highest BCUT2D eigenvalue weighted by Gasteiger charge is 2.10. The van der Waals surface area contributed by atoms with Crippen LogP contribution < -0.4 is 5.73 Å². The zero-order valence-corrected chi connectivity index (χ0v) is 9.53. The summed E-state index contributed by atoms with van der Waals surface area (Å²) in [4.78, 5) is 12.0. The number of fused-ring (bicyclic) bond motifs is 1. The van der Waals surface area contributed by atoms with Gasteiger partial charge in [-0.25, -0.2) is 14.6 Å². The number of nitrogens with zero attached hydrogens (tertiary/aromatic N) is 5. The van der Waals surface area contributed by atoms with Gasteiger partial charge >= 0.3 is 6.55 Å². The van der Waals surface area contributed by atoms with E-state index in [0.717, 1.165) is 0 Å². The highest BCUT2D eigenvalue weighted by molar-refractivity contribution is 5.79. The molecule has 0 atom stereocenters. The van der Waals surface area contributed by atoms with E-state index in [0.29, 0.717) is 26.8 Å². The molecular formula is C11H8F2N6. The third-order valence-electron chi connectivity index (χ3n) is 2.59. The van der Waals surface area contributed by atoms with Gasteiger partial charge in [0.25, 0.3) is 0 Å². The number of nitrogen functional groups attached to an aromatic ring is 1. The van der Waals surface area contributed by atoms with E-state index in [1.54, 1.807) is 12.3 Å². The SMILES string of the molecule is Nc1ncc2ncc(-c3cnn(C(F)F)c3)cc2n1. The Bertz CT molecular complexity index is 739. The molecule has 0 bridgehead atoms. The molecule has 19 heavy (non-hydrogen) atoms. The minimum Gasteiger partial charge on any atom is -0.368 e. The Morgan fingerprint density at radius 2 is 1.89 bits per heavy atom. The molecule has 0 radical (unpaired) electrons. The number of nitrogens with two attached hydrogens (primary N) is 1. The first kappa shape index (κ1) is 11.5. The molecule has 8 heteroatoms. The standard InChI is InChI=1S/C11H8F2N6/c12-10(13)19-5-7(3-17-19)6-1-8-9(15-2-6)4-16-11(14)18-8/h1-5,10H,(H2,14,16,18). The quantitative estimate of drug-likeness (QED) is 0.762. The number of alkyl halides is 2. The first-order valence-corrected chi connectivity index (χ1v) is 5.34. The molecular weight excluding hydrogens is 254 g/mol. The number of pyridine rings is 1. The Morgan fingerprint density at radius 1 is 1.05 bits per heavy atom. The first-order chi connectivity index (χ1) is 9.13. The van der Waals surface area contributed by atoms with Crippen molar-refractivity contribution in [3.8, 4) is 11.1 Å². The van der Waals surface area contributed by atoms with Crippen LogP contribution in [0, 0.1) is 0 Å². The number of hydrogen-bond acceptors (Lipinski definition) is 5. The number of hydrogen-bond donors (Lipinski definition) is 1. The molecule has 96 valence electrons. The summed E-state index contributed by atoms with van der Waals surface area (Å²) in [5.74, 6) is 0.134. The molecule has 0 aliphatic rings. The van der Waals surface area contributed by atoms with Crippen molar-refractivity contribution in [3.05, 3.63) is 30.9 Å². The Kier molecular flexibility index (Phi) is 2.55. The van der Waals surface area contributed by atoms with Gasteiger partial charge in [-0.3, -0.25) is 4.98 Å². The van der Waals surface area contributed by atoms with Crippen LogP contribution in [-0.2, 0) is 0 Å². The maximum Gasteiger partial charge on any atom is 0.333 e. The maximum absolute atomic E-state index is 12.4. The molecule has 0 amide bonds. The van der Waals surface area contributed by atoms with E-state index in [1.807, 2.05) is 0 Å². The second-order valence-electron chi connectivity index (χ2n) is 3.84. The van der Waals surface area contributed by atoms with Crippen LogP contribution in [0.4, 0.5) is 14.7 Å². The van der Waals surface area contributed by atoms with Crippen molar-refractivity contribution in [2.75, 3.05) is 5.73 Å². The van der Waals surface area contributed by atoms with Crippen molar-refractivity contribution < 1.29 is 8.78 Å². The summed E-state index contributed by atoms with van der Waals surface area (Å²) in [5.41, 5.74) is 7.79. The van der Waals surface area contributed by atoms with Crippen molar-refractivity contribution in [2.24, 2.45) is 0 Å². The Balaban J connectivity index is 2.08. The van der Waals surface area contributed by atoms with Crippen LogP contribution in [0.15, 0.2) is 30.9 Å². The summed E-state index contributed by atoms with van der Waals surface area (Å²) in [6.45, 7) is -2.67. The molecule has 2 N–H and O–H groups in total. The second kappa shape index (κ2) is 4.23. The zero-order valence-electron chi connectivity index (χ0n) is 9.53. The fourth-order valence-electron chi connectivity index (χ4n) is 1.68. The Morgan fingerprint density at radius 3 is 2.63 bits per heavy atom. The number of aromatic nitrogens is 5. The van der Waals surface area contributed by atoms with Gasteiger partial charge in [-0.1, -0.05) is 0 Å². The van der Waals surface area contributed by atoms with Crippen LogP contribution in [-0.4, -0.2) is 24.7 Å². The van der Waals surface area contributed by atoms with Crippen LogP contribution in [0.2, 0.25) is 0 Å². The largest absolute Gasteiger partial charge is 0.368 e. The summed E-state index contributed by atoms with van der Waals surface area (Å²) >= 11 is 0. The summed E-state index contributed by atoms with van der Waals surface area (Å²) in [7, 11) is 0. The van der Waals surface area contributed by atoms with E-state index in [1.165, 1.54) is 18.6 Å². The highest BCUT2D eigenvalue weighted by Crippen LogP contribution is 2.22.